The van der Waals surface area contributed by atoms with Crippen LogP contribution in [0.3, 0.4) is 0 Å². The van der Waals surface area contributed by atoms with Crippen molar-refractivity contribution in [3.05, 3.63) is 45.3 Å². The Morgan fingerprint density at radius 3 is 2.60 bits per heavy atom. The Hall–Kier alpha value is -2.45. The van der Waals surface area contributed by atoms with E-state index in [0.717, 1.165) is 36.8 Å². The van der Waals surface area contributed by atoms with Crippen molar-refractivity contribution in [2.75, 3.05) is 17.2 Å². The van der Waals surface area contributed by atoms with E-state index in [9.17, 15) is 14.7 Å². The Morgan fingerprint density at radius 2 is 1.90 bits per heavy atom. The first-order chi connectivity index (χ1) is 14.4. The predicted molar refractivity (Wildman–Crippen MR) is 124 cm³/mol. The highest BCUT2D eigenvalue weighted by molar-refractivity contribution is 7.80. The van der Waals surface area contributed by atoms with Gasteiger partial charge in [0.2, 0.25) is 0 Å². The van der Waals surface area contributed by atoms with Crippen LogP contribution in [-0.2, 0) is 17.6 Å². The fourth-order valence-electron chi connectivity index (χ4n) is 3.57. The van der Waals surface area contributed by atoms with Crippen LogP contribution < -0.4 is 10.6 Å². The summed E-state index contributed by atoms with van der Waals surface area (Å²) in [6, 6.07) is 4.83. The van der Waals surface area contributed by atoms with E-state index in [4.69, 9.17) is 17.0 Å². The van der Waals surface area contributed by atoms with Crippen molar-refractivity contribution in [3.8, 4) is 0 Å². The number of esters is 1. The highest BCUT2D eigenvalue weighted by atomic mass is 32.1. The Kier molecular flexibility index (Phi) is 7.44. The first kappa shape index (κ1) is 22.2. The van der Waals surface area contributed by atoms with E-state index in [-0.39, 0.29) is 11.5 Å². The average Bonchev–Trinajstić information content (AvgIpc) is 2.99. The van der Waals surface area contributed by atoms with Gasteiger partial charge in [-0.25, -0.2) is 9.59 Å². The van der Waals surface area contributed by atoms with Crippen LogP contribution in [0.15, 0.2) is 18.2 Å². The molecule has 1 aliphatic carbocycles. The minimum atomic E-state index is -1.00. The maximum Gasteiger partial charge on any atom is 0.341 e. The lowest BCUT2D eigenvalue weighted by molar-refractivity contribution is 0.0526. The molecule has 0 bridgehead atoms. The van der Waals surface area contributed by atoms with Crippen LogP contribution in [0.4, 0.5) is 10.7 Å². The second kappa shape index (κ2) is 10.0. The predicted octanol–water partition coefficient (Wildman–Crippen LogP) is 5.40. The number of thiocarbonyl (C=S) groups is 1. The average molecular weight is 447 g/mol. The summed E-state index contributed by atoms with van der Waals surface area (Å²) >= 11 is 7.03. The SMILES string of the molecule is CCOC(=O)c1c(NC(=S)Nc2cc(C(=O)O)ccc2C)sc2c1CCCCCC2. The topological polar surface area (TPSA) is 87.7 Å². The minimum Gasteiger partial charge on any atom is -0.478 e. The van der Waals surface area contributed by atoms with Gasteiger partial charge in [-0.3, -0.25) is 0 Å². The van der Waals surface area contributed by atoms with Gasteiger partial charge in [-0.05, 0) is 75.0 Å². The Balaban J connectivity index is 1.87. The van der Waals surface area contributed by atoms with Crippen LogP contribution in [0, 0.1) is 6.92 Å². The van der Waals surface area contributed by atoms with Crippen LogP contribution in [0.2, 0.25) is 0 Å². The number of carboxylic acids is 1. The number of hydrogen-bond donors (Lipinski definition) is 3. The molecule has 2 aromatic rings. The Labute approximate surface area is 185 Å². The van der Waals surface area contributed by atoms with E-state index in [2.05, 4.69) is 10.6 Å². The molecule has 8 heteroatoms. The largest absolute Gasteiger partial charge is 0.478 e. The summed E-state index contributed by atoms with van der Waals surface area (Å²) < 4.78 is 5.32. The molecule has 1 aliphatic rings. The first-order valence-corrected chi connectivity index (χ1v) is 11.4. The van der Waals surface area contributed by atoms with E-state index >= 15 is 0 Å². The zero-order chi connectivity index (χ0) is 21.7. The molecule has 0 amide bonds. The van der Waals surface area contributed by atoms with Crippen molar-refractivity contribution in [3.63, 3.8) is 0 Å². The molecule has 1 aromatic carbocycles. The van der Waals surface area contributed by atoms with Gasteiger partial charge in [0.1, 0.15) is 5.00 Å². The molecule has 0 saturated carbocycles. The van der Waals surface area contributed by atoms with Crippen LogP contribution in [-0.4, -0.2) is 28.8 Å². The fourth-order valence-corrected chi connectivity index (χ4v) is 5.13. The molecule has 0 fully saturated rings. The van der Waals surface area contributed by atoms with E-state index in [1.165, 1.54) is 17.7 Å². The van der Waals surface area contributed by atoms with Crippen LogP contribution in [0.1, 0.15) is 69.3 Å². The third-order valence-electron chi connectivity index (χ3n) is 5.11. The van der Waals surface area contributed by atoms with Crippen LogP contribution in [0.5, 0.6) is 0 Å². The highest BCUT2D eigenvalue weighted by Crippen LogP contribution is 2.37. The number of anilines is 2. The fraction of sp³-hybridized carbons (Fsp3) is 0.409. The van der Waals surface area contributed by atoms with E-state index in [1.807, 2.05) is 6.92 Å². The van der Waals surface area contributed by atoms with Gasteiger partial charge in [0.05, 0.1) is 17.7 Å². The van der Waals surface area contributed by atoms with Crippen molar-refractivity contribution in [2.24, 2.45) is 0 Å². The van der Waals surface area contributed by atoms with E-state index in [1.54, 1.807) is 36.5 Å². The van der Waals surface area contributed by atoms with Gasteiger partial charge < -0.3 is 20.5 Å². The third-order valence-corrected chi connectivity index (χ3v) is 6.52. The lowest BCUT2D eigenvalue weighted by Crippen LogP contribution is -2.21. The van der Waals surface area contributed by atoms with Crippen LogP contribution >= 0.6 is 23.6 Å². The number of fused-ring (bicyclic) bond motifs is 1. The number of rotatable bonds is 5. The van der Waals surface area contributed by atoms with Gasteiger partial charge in [-0.1, -0.05) is 18.9 Å². The molecule has 0 aliphatic heterocycles. The number of nitrogens with one attached hydrogen (secondary N) is 2. The second-order valence-electron chi connectivity index (χ2n) is 7.26. The zero-order valence-corrected chi connectivity index (χ0v) is 18.8. The normalized spacial score (nSPS) is 13.5. The quantitative estimate of drug-likeness (QED) is 0.419. The van der Waals surface area contributed by atoms with Gasteiger partial charge in [0.15, 0.2) is 5.11 Å². The summed E-state index contributed by atoms with van der Waals surface area (Å²) in [5.74, 6) is -1.33. The number of benzene rings is 1. The third kappa shape index (κ3) is 5.17. The van der Waals surface area contributed by atoms with Crippen molar-refractivity contribution in [1.82, 2.24) is 0 Å². The number of hydrogen-bond acceptors (Lipinski definition) is 5. The molecule has 0 radical (unpaired) electrons. The summed E-state index contributed by atoms with van der Waals surface area (Å²) in [7, 11) is 0. The van der Waals surface area contributed by atoms with Crippen LogP contribution in [0.25, 0.3) is 0 Å². The molecule has 3 N–H and O–H groups in total. The molecule has 1 aromatic heterocycles. The highest BCUT2D eigenvalue weighted by Gasteiger charge is 2.25. The number of carbonyl (C=O) groups is 2. The molecule has 6 nitrogen and oxygen atoms in total. The van der Waals surface area contributed by atoms with Gasteiger partial charge in [-0.2, -0.15) is 0 Å². The molecule has 1 heterocycles. The molecule has 0 atom stereocenters. The molecular weight excluding hydrogens is 420 g/mol. The number of thiophene rings is 1. The Morgan fingerprint density at radius 1 is 1.17 bits per heavy atom. The second-order valence-corrected chi connectivity index (χ2v) is 8.77. The van der Waals surface area contributed by atoms with Gasteiger partial charge in [0.25, 0.3) is 0 Å². The number of ether oxygens (including phenoxy) is 1. The molecule has 30 heavy (non-hydrogen) atoms. The van der Waals surface area contributed by atoms with Crippen molar-refractivity contribution in [2.45, 2.75) is 52.4 Å². The lowest BCUT2D eigenvalue weighted by atomic mass is 9.96. The summed E-state index contributed by atoms with van der Waals surface area (Å²) in [5, 5.41) is 16.5. The summed E-state index contributed by atoms with van der Waals surface area (Å²) in [6.45, 7) is 3.98. The Bertz CT molecular complexity index is 968. The van der Waals surface area contributed by atoms with Crippen molar-refractivity contribution in [1.29, 1.82) is 0 Å². The molecule has 3 rings (SSSR count). The number of carbonyl (C=O) groups excluding carboxylic acids is 1. The van der Waals surface area contributed by atoms with Gasteiger partial charge in [0, 0.05) is 10.6 Å². The smallest absolute Gasteiger partial charge is 0.341 e. The monoisotopic (exact) mass is 446 g/mol. The molecular formula is C22H26N2O4S2. The maximum atomic E-state index is 12.7. The summed E-state index contributed by atoms with van der Waals surface area (Å²) in [5.41, 5.74) is 3.32. The summed E-state index contributed by atoms with van der Waals surface area (Å²) in [4.78, 5) is 25.2. The summed E-state index contributed by atoms with van der Waals surface area (Å²) in [6.07, 6.45) is 6.35. The zero-order valence-electron chi connectivity index (χ0n) is 17.2. The standard InChI is InChI=1S/C22H26N2O4S2/c1-3-28-21(27)18-15-8-6-4-5-7-9-17(15)30-19(18)24-22(29)23-16-12-14(20(25)26)11-10-13(16)2/h10-12H,3-9H2,1-2H3,(H,25,26)(H2,23,24,29). The van der Waals surface area contributed by atoms with Gasteiger partial charge >= 0.3 is 11.9 Å². The van der Waals surface area contributed by atoms with E-state index < -0.39 is 5.97 Å². The lowest BCUT2D eigenvalue weighted by Gasteiger charge is -2.14. The number of carboxylic acid groups (broad SMARTS) is 1. The first-order valence-electron chi connectivity index (χ1n) is 10.1. The molecule has 0 spiro atoms. The number of aromatic carboxylic acids is 1. The molecule has 160 valence electrons. The molecule has 0 unspecified atom stereocenters. The maximum absolute atomic E-state index is 12.7. The van der Waals surface area contributed by atoms with Crippen molar-refractivity contribution < 1.29 is 19.4 Å². The van der Waals surface area contributed by atoms with E-state index in [0.29, 0.717) is 28.0 Å². The van der Waals surface area contributed by atoms with Gasteiger partial charge in [-0.15, -0.1) is 11.3 Å². The van der Waals surface area contributed by atoms with Crippen molar-refractivity contribution >= 4 is 51.3 Å². The number of aryl methyl sites for hydroxylation is 2. The minimum absolute atomic E-state index is 0.178. The molecule has 0 saturated heterocycles.